The van der Waals surface area contributed by atoms with E-state index in [-0.39, 0.29) is 11.8 Å². The van der Waals surface area contributed by atoms with Gasteiger partial charge >= 0.3 is 0 Å². The fraction of sp³-hybridized carbons (Fsp3) is 0.750. The Bertz CT molecular complexity index is 367. The molecule has 0 spiro atoms. The zero-order valence-corrected chi connectivity index (χ0v) is 11.0. The summed E-state index contributed by atoms with van der Waals surface area (Å²) in [6, 6.07) is 1.45. The maximum Gasteiger partial charge on any atom is 0.244 e. The van der Waals surface area contributed by atoms with Crippen molar-refractivity contribution >= 4 is 11.8 Å². The van der Waals surface area contributed by atoms with Gasteiger partial charge in [-0.3, -0.25) is 9.59 Å². The SMILES string of the molecule is CC(NC(=O)C1(C#N)CCOCC1)C(=O)N(C)C. The number of nitrogens with zero attached hydrogens (tertiary/aromatic N) is 2. The van der Waals surface area contributed by atoms with Crippen molar-refractivity contribution in [3.63, 3.8) is 0 Å². The van der Waals surface area contributed by atoms with Crippen molar-refractivity contribution in [2.75, 3.05) is 27.3 Å². The molecule has 0 bridgehead atoms. The maximum atomic E-state index is 12.1. The molecule has 1 heterocycles. The first-order valence-electron chi connectivity index (χ1n) is 5.94. The molecule has 0 aromatic carbocycles. The molecule has 0 saturated carbocycles. The zero-order valence-electron chi connectivity index (χ0n) is 11.0. The first kappa shape index (κ1) is 14.5. The number of nitriles is 1. The molecule has 6 nitrogen and oxygen atoms in total. The summed E-state index contributed by atoms with van der Waals surface area (Å²) in [6.07, 6.45) is 0.746. The molecule has 1 fully saturated rings. The summed E-state index contributed by atoms with van der Waals surface area (Å²) in [5.74, 6) is -0.570. The van der Waals surface area contributed by atoms with Crippen molar-refractivity contribution in [1.29, 1.82) is 5.26 Å². The van der Waals surface area contributed by atoms with Crippen LogP contribution >= 0.6 is 0 Å². The van der Waals surface area contributed by atoms with Crippen LogP contribution in [0.15, 0.2) is 0 Å². The van der Waals surface area contributed by atoms with Crippen LogP contribution < -0.4 is 5.32 Å². The summed E-state index contributed by atoms with van der Waals surface area (Å²) < 4.78 is 5.16. The van der Waals surface area contributed by atoms with Gasteiger partial charge in [0.25, 0.3) is 0 Å². The van der Waals surface area contributed by atoms with E-state index in [0.717, 1.165) is 0 Å². The third-order valence-electron chi connectivity index (χ3n) is 3.15. The molecular formula is C12H19N3O3. The van der Waals surface area contributed by atoms with Crippen molar-refractivity contribution in [1.82, 2.24) is 10.2 Å². The molecule has 18 heavy (non-hydrogen) atoms. The minimum atomic E-state index is -1.06. The second-order valence-electron chi connectivity index (χ2n) is 4.73. The molecule has 1 saturated heterocycles. The molecule has 100 valence electrons. The second-order valence-corrected chi connectivity index (χ2v) is 4.73. The number of carbonyl (C=O) groups is 2. The van der Waals surface area contributed by atoms with E-state index in [0.29, 0.717) is 26.1 Å². The number of nitrogens with one attached hydrogen (secondary N) is 1. The Hall–Kier alpha value is -1.61. The Kier molecular flexibility index (Phi) is 4.68. The van der Waals surface area contributed by atoms with Gasteiger partial charge in [-0.1, -0.05) is 0 Å². The van der Waals surface area contributed by atoms with Gasteiger partial charge in [0.05, 0.1) is 6.07 Å². The van der Waals surface area contributed by atoms with E-state index in [1.54, 1.807) is 21.0 Å². The van der Waals surface area contributed by atoms with Gasteiger partial charge < -0.3 is 15.0 Å². The van der Waals surface area contributed by atoms with Gasteiger partial charge in [-0.25, -0.2) is 0 Å². The summed E-state index contributed by atoms with van der Waals surface area (Å²) in [6.45, 7) is 2.42. The van der Waals surface area contributed by atoms with Crippen molar-refractivity contribution in [3.8, 4) is 6.07 Å². The van der Waals surface area contributed by atoms with Crippen LogP contribution in [0.4, 0.5) is 0 Å². The highest BCUT2D eigenvalue weighted by atomic mass is 16.5. The topological polar surface area (TPSA) is 82.4 Å². The molecule has 6 heteroatoms. The Labute approximate surface area is 107 Å². The summed E-state index contributed by atoms with van der Waals surface area (Å²) in [7, 11) is 3.25. The Morgan fingerprint density at radius 3 is 2.39 bits per heavy atom. The lowest BCUT2D eigenvalue weighted by Crippen LogP contribution is -2.51. The number of likely N-dealkylation sites (N-methyl/N-ethyl adjacent to an activating group) is 1. The van der Waals surface area contributed by atoms with E-state index in [9.17, 15) is 14.9 Å². The van der Waals surface area contributed by atoms with Gasteiger partial charge in [-0.15, -0.1) is 0 Å². The minimum Gasteiger partial charge on any atom is -0.381 e. The number of rotatable bonds is 3. The molecule has 0 aliphatic carbocycles. The summed E-state index contributed by atoms with van der Waals surface area (Å²) in [5.41, 5.74) is -1.06. The van der Waals surface area contributed by atoms with Gasteiger partial charge in [0, 0.05) is 27.3 Å². The van der Waals surface area contributed by atoms with E-state index in [2.05, 4.69) is 11.4 Å². The lowest BCUT2D eigenvalue weighted by atomic mass is 9.80. The Morgan fingerprint density at radius 2 is 1.94 bits per heavy atom. The quantitative estimate of drug-likeness (QED) is 0.761. The van der Waals surface area contributed by atoms with Gasteiger partial charge in [-0.05, 0) is 19.8 Å². The standard InChI is InChI=1S/C12H19N3O3/c1-9(10(16)15(2)3)14-11(17)12(8-13)4-6-18-7-5-12/h9H,4-7H2,1-3H3,(H,14,17). The van der Waals surface area contributed by atoms with Crippen molar-refractivity contribution in [2.45, 2.75) is 25.8 Å². The predicted octanol–water partition coefficient (Wildman–Crippen LogP) is -0.100. The number of amides is 2. The van der Waals surface area contributed by atoms with Gasteiger partial charge in [-0.2, -0.15) is 5.26 Å². The second kappa shape index (κ2) is 5.83. The molecule has 0 aromatic rings. The van der Waals surface area contributed by atoms with Gasteiger partial charge in [0.2, 0.25) is 11.8 Å². The van der Waals surface area contributed by atoms with E-state index in [1.165, 1.54) is 4.90 Å². The smallest absolute Gasteiger partial charge is 0.244 e. The van der Waals surface area contributed by atoms with Crippen molar-refractivity contribution in [3.05, 3.63) is 0 Å². The molecule has 1 unspecified atom stereocenters. The molecule has 0 aromatic heterocycles. The minimum absolute atomic E-state index is 0.191. The van der Waals surface area contributed by atoms with E-state index in [1.807, 2.05) is 0 Å². The van der Waals surface area contributed by atoms with Crippen molar-refractivity contribution in [2.24, 2.45) is 5.41 Å². The summed E-state index contributed by atoms with van der Waals surface area (Å²) in [4.78, 5) is 25.2. The van der Waals surface area contributed by atoms with Crippen LogP contribution in [0.2, 0.25) is 0 Å². The van der Waals surface area contributed by atoms with E-state index >= 15 is 0 Å². The number of ether oxygens (including phenoxy) is 1. The lowest BCUT2D eigenvalue weighted by Gasteiger charge is -2.30. The summed E-state index contributed by atoms with van der Waals surface area (Å²) in [5, 5.41) is 11.8. The van der Waals surface area contributed by atoms with Gasteiger partial charge in [0.15, 0.2) is 0 Å². The largest absolute Gasteiger partial charge is 0.381 e. The van der Waals surface area contributed by atoms with Crippen molar-refractivity contribution < 1.29 is 14.3 Å². The molecule has 1 aliphatic rings. The fourth-order valence-corrected chi connectivity index (χ4v) is 1.89. The molecular weight excluding hydrogens is 234 g/mol. The molecule has 0 radical (unpaired) electrons. The van der Waals surface area contributed by atoms with Gasteiger partial charge in [0.1, 0.15) is 11.5 Å². The lowest BCUT2D eigenvalue weighted by molar-refractivity contribution is -0.138. The van der Waals surface area contributed by atoms with E-state index < -0.39 is 11.5 Å². The van der Waals surface area contributed by atoms with Crippen LogP contribution in [0.3, 0.4) is 0 Å². The highest BCUT2D eigenvalue weighted by Crippen LogP contribution is 2.29. The van der Waals surface area contributed by atoms with Crippen LogP contribution in [0.1, 0.15) is 19.8 Å². The van der Waals surface area contributed by atoms with Crippen LogP contribution in [0.25, 0.3) is 0 Å². The van der Waals surface area contributed by atoms with Crippen LogP contribution in [0.5, 0.6) is 0 Å². The van der Waals surface area contributed by atoms with Crippen LogP contribution in [-0.2, 0) is 14.3 Å². The molecule has 1 N–H and O–H groups in total. The number of hydrogen-bond donors (Lipinski definition) is 1. The number of hydrogen-bond acceptors (Lipinski definition) is 4. The average Bonchev–Trinajstić information content (AvgIpc) is 2.38. The Morgan fingerprint density at radius 1 is 1.39 bits per heavy atom. The van der Waals surface area contributed by atoms with E-state index in [4.69, 9.17) is 4.74 Å². The first-order valence-corrected chi connectivity index (χ1v) is 5.94. The predicted molar refractivity (Wildman–Crippen MR) is 64.4 cm³/mol. The highest BCUT2D eigenvalue weighted by Gasteiger charge is 2.41. The molecule has 1 aliphatic heterocycles. The van der Waals surface area contributed by atoms with Crippen LogP contribution in [-0.4, -0.2) is 50.1 Å². The fourth-order valence-electron chi connectivity index (χ4n) is 1.89. The molecule has 1 atom stereocenters. The molecule has 1 rings (SSSR count). The third-order valence-corrected chi connectivity index (χ3v) is 3.15. The summed E-state index contributed by atoms with van der Waals surface area (Å²) >= 11 is 0. The monoisotopic (exact) mass is 253 g/mol. The first-order chi connectivity index (χ1) is 8.43. The molecule has 2 amide bonds. The number of carbonyl (C=O) groups excluding carboxylic acids is 2. The average molecular weight is 253 g/mol. The van der Waals surface area contributed by atoms with Crippen LogP contribution in [0, 0.1) is 16.7 Å². The zero-order chi connectivity index (χ0) is 13.8. The normalized spacial score (nSPS) is 19.4. The Balaban J connectivity index is 2.69. The third kappa shape index (κ3) is 2.99. The maximum absolute atomic E-state index is 12.1. The highest BCUT2D eigenvalue weighted by molar-refractivity contribution is 5.91.